The molecule has 0 unspecified atom stereocenters. The number of carbonyl (C=O) groups excluding carboxylic acids is 1. The number of likely N-dealkylation sites (N-methyl/N-ethyl adjacent to an activating group) is 2. The minimum atomic E-state index is -1.26. The predicted molar refractivity (Wildman–Crippen MR) is 174 cm³/mol. The summed E-state index contributed by atoms with van der Waals surface area (Å²) in [5, 5.41) is 15.3. The first-order valence-electron chi connectivity index (χ1n) is 14.9. The van der Waals surface area contributed by atoms with Gasteiger partial charge in [0.05, 0.1) is 36.7 Å². The molecule has 1 atom stereocenters. The molecule has 0 aliphatic heterocycles. The van der Waals surface area contributed by atoms with Gasteiger partial charge in [-0.1, -0.05) is 31.8 Å². The van der Waals surface area contributed by atoms with E-state index in [-0.39, 0.29) is 25.1 Å². The van der Waals surface area contributed by atoms with Gasteiger partial charge in [-0.3, -0.25) is 9.78 Å². The highest BCUT2D eigenvalue weighted by Crippen LogP contribution is 2.34. The summed E-state index contributed by atoms with van der Waals surface area (Å²) in [4.78, 5) is 22.3. The number of halogens is 1. The summed E-state index contributed by atoms with van der Waals surface area (Å²) >= 11 is 0. The lowest BCUT2D eigenvalue weighted by molar-refractivity contribution is 0.0702. The molecule has 4 rings (SSSR count). The number of nitrogens with zero attached hydrogens (tertiary/aromatic N) is 5. The van der Waals surface area contributed by atoms with E-state index in [1.54, 1.807) is 53.3 Å². The first-order chi connectivity index (χ1) is 20.9. The first-order valence-corrected chi connectivity index (χ1v) is 18.6. The highest BCUT2D eigenvalue weighted by atomic mass is 28.3. The number of aliphatic hydroxyl groups is 1. The molecule has 0 saturated heterocycles. The van der Waals surface area contributed by atoms with E-state index >= 15 is 0 Å². The standard InChI is InChI=1S/C33H44FN5O4Si/c1-8-43-31-17-24(12-13-26(31)23-10-9-11-25(34)16-23)33(41)38(4)30(20-37(2)3)28-18-35-29(21-40)27-19-36-39(32(27)28)22-42-14-15-44(5,6)7/h9-13,16-19,30,40H,8,14-15,20-22H2,1-7H3/t30-/m1/s1. The predicted octanol–water partition coefficient (Wildman–Crippen LogP) is 5.82. The maximum atomic E-state index is 14.1. The fraction of sp³-hybridized carbons (Fsp3) is 0.424. The molecule has 9 nitrogen and oxygen atoms in total. The zero-order valence-electron chi connectivity index (χ0n) is 26.8. The summed E-state index contributed by atoms with van der Waals surface area (Å²) in [7, 11) is 4.42. The third-order valence-electron chi connectivity index (χ3n) is 7.49. The number of ether oxygens (including phenoxy) is 2. The summed E-state index contributed by atoms with van der Waals surface area (Å²) in [5.41, 5.74) is 3.92. The normalized spacial score (nSPS) is 12.6. The maximum Gasteiger partial charge on any atom is 0.254 e. The van der Waals surface area contributed by atoms with Crippen LogP contribution in [0, 0.1) is 5.82 Å². The molecule has 2 heterocycles. The van der Waals surface area contributed by atoms with Gasteiger partial charge in [-0.15, -0.1) is 0 Å². The molecule has 0 aliphatic carbocycles. The van der Waals surface area contributed by atoms with Gasteiger partial charge in [0.25, 0.3) is 5.91 Å². The zero-order valence-corrected chi connectivity index (χ0v) is 27.8. The van der Waals surface area contributed by atoms with Crippen molar-refractivity contribution in [2.24, 2.45) is 0 Å². The van der Waals surface area contributed by atoms with Crippen LogP contribution in [-0.4, -0.2) is 84.6 Å². The molecule has 0 spiro atoms. The van der Waals surface area contributed by atoms with Gasteiger partial charge in [0.15, 0.2) is 0 Å². The molecule has 2 aromatic carbocycles. The lowest BCUT2D eigenvalue weighted by Crippen LogP contribution is -2.37. The van der Waals surface area contributed by atoms with E-state index in [4.69, 9.17) is 9.47 Å². The number of hydrogen-bond donors (Lipinski definition) is 1. The lowest BCUT2D eigenvalue weighted by atomic mass is 10.00. The van der Waals surface area contributed by atoms with Gasteiger partial charge in [-0.25, -0.2) is 9.07 Å². The van der Waals surface area contributed by atoms with Crippen molar-refractivity contribution in [3.63, 3.8) is 0 Å². The number of benzene rings is 2. The Morgan fingerprint density at radius 1 is 1.11 bits per heavy atom. The number of hydrogen-bond acceptors (Lipinski definition) is 7. The van der Waals surface area contributed by atoms with Crippen LogP contribution in [0.2, 0.25) is 25.7 Å². The van der Waals surface area contributed by atoms with Crippen molar-refractivity contribution in [1.82, 2.24) is 24.6 Å². The molecular formula is C33H44FN5O4Si. The van der Waals surface area contributed by atoms with Crippen molar-refractivity contribution in [2.75, 3.05) is 40.9 Å². The smallest absolute Gasteiger partial charge is 0.254 e. The molecule has 0 aliphatic rings. The maximum absolute atomic E-state index is 14.1. The first kappa shape index (κ1) is 33.3. The van der Waals surface area contributed by atoms with Gasteiger partial charge >= 0.3 is 0 Å². The van der Waals surface area contributed by atoms with E-state index in [1.165, 1.54) is 12.1 Å². The summed E-state index contributed by atoms with van der Waals surface area (Å²) in [6.07, 6.45) is 3.43. The summed E-state index contributed by atoms with van der Waals surface area (Å²) in [6.45, 7) is 10.4. The van der Waals surface area contributed by atoms with Crippen LogP contribution >= 0.6 is 0 Å². The number of aromatic nitrogens is 3. The number of aliphatic hydroxyl groups excluding tert-OH is 1. The fourth-order valence-electron chi connectivity index (χ4n) is 5.12. The van der Waals surface area contributed by atoms with Crippen LogP contribution in [0.1, 0.15) is 34.6 Å². The molecule has 11 heteroatoms. The number of fused-ring (bicyclic) bond motifs is 1. The van der Waals surface area contributed by atoms with Crippen molar-refractivity contribution in [3.8, 4) is 16.9 Å². The van der Waals surface area contributed by atoms with E-state index in [0.717, 1.165) is 22.5 Å². The van der Waals surface area contributed by atoms with Crippen LogP contribution in [0.25, 0.3) is 22.0 Å². The van der Waals surface area contributed by atoms with Gasteiger partial charge in [0.1, 0.15) is 18.3 Å². The largest absolute Gasteiger partial charge is 0.493 e. The van der Waals surface area contributed by atoms with E-state index in [1.807, 2.05) is 32.0 Å². The van der Waals surface area contributed by atoms with Crippen molar-refractivity contribution >= 4 is 24.9 Å². The Balaban J connectivity index is 1.72. The van der Waals surface area contributed by atoms with Crippen molar-refractivity contribution in [2.45, 2.75) is 52.0 Å². The van der Waals surface area contributed by atoms with E-state index in [9.17, 15) is 14.3 Å². The molecule has 4 aromatic rings. The second kappa shape index (κ2) is 14.4. The summed E-state index contributed by atoms with van der Waals surface area (Å²) in [6, 6.07) is 12.2. The Morgan fingerprint density at radius 3 is 2.55 bits per heavy atom. The molecule has 0 radical (unpaired) electrons. The highest BCUT2D eigenvalue weighted by molar-refractivity contribution is 6.76. The van der Waals surface area contributed by atoms with Gasteiger partial charge in [0.2, 0.25) is 0 Å². The lowest BCUT2D eigenvalue weighted by Gasteiger charge is -2.31. The van der Waals surface area contributed by atoms with Gasteiger partial charge in [-0.05, 0) is 63.0 Å². The third-order valence-corrected chi connectivity index (χ3v) is 9.20. The minimum absolute atomic E-state index is 0.208. The Morgan fingerprint density at radius 2 is 1.89 bits per heavy atom. The molecule has 1 N–H and O–H groups in total. The third kappa shape index (κ3) is 7.89. The Labute approximate surface area is 260 Å². The zero-order chi connectivity index (χ0) is 32.0. The number of amides is 1. The number of pyridine rings is 1. The Bertz CT molecular complexity index is 1590. The quantitative estimate of drug-likeness (QED) is 0.140. The van der Waals surface area contributed by atoms with Crippen LogP contribution in [-0.2, 0) is 18.1 Å². The molecule has 0 fully saturated rings. The second-order valence-electron chi connectivity index (χ2n) is 12.4. The van der Waals surface area contributed by atoms with Crippen LogP contribution in [0.5, 0.6) is 5.75 Å². The molecule has 2 aromatic heterocycles. The van der Waals surface area contributed by atoms with Crippen molar-refractivity contribution < 1.29 is 23.8 Å². The number of rotatable bonds is 14. The van der Waals surface area contributed by atoms with Crippen LogP contribution in [0.15, 0.2) is 54.9 Å². The van der Waals surface area contributed by atoms with E-state index in [2.05, 4.69) is 29.7 Å². The average Bonchev–Trinajstić information content (AvgIpc) is 3.41. The molecule has 0 bridgehead atoms. The average molecular weight is 622 g/mol. The molecular weight excluding hydrogens is 577 g/mol. The molecule has 1 amide bonds. The van der Waals surface area contributed by atoms with E-state index < -0.39 is 14.1 Å². The topological polar surface area (TPSA) is 93.0 Å². The minimum Gasteiger partial charge on any atom is -0.493 e. The molecule has 44 heavy (non-hydrogen) atoms. The van der Waals surface area contributed by atoms with Gasteiger partial charge < -0.3 is 24.4 Å². The van der Waals surface area contributed by atoms with Crippen LogP contribution < -0.4 is 4.74 Å². The van der Waals surface area contributed by atoms with Crippen molar-refractivity contribution in [3.05, 3.63) is 77.5 Å². The Hall–Kier alpha value is -3.64. The fourth-order valence-corrected chi connectivity index (χ4v) is 5.88. The van der Waals surface area contributed by atoms with Crippen molar-refractivity contribution in [1.29, 1.82) is 0 Å². The van der Waals surface area contributed by atoms with Gasteiger partial charge in [0, 0.05) is 56.5 Å². The van der Waals surface area contributed by atoms with Crippen LogP contribution in [0.4, 0.5) is 4.39 Å². The van der Waals surface area contributed by atoms with E-state index in [0.29, 0.717) is 47.9 Å². The SMILES string of the molecule is CCOc1cc(C(=O)N(C)[C@H](CN(C)C)c2cnc(CO)c3cnn(COCC[Si](C)(C)C)c23)ccc1-c1cccc(F)c1. The van der Waals surface area contributed by atoms with Gasteiger partial charge in [-0.2, -0.15) is 5.10 Å². The molecule has 0 saturated carbocycles. The van der Waals surface area contributed by atoms with Crippen LogP contribution in [0.3, 0.4) is 0 Å². The summed E-state index contributed by atoms with van der Waals surface area (Å²) < 4.78 is 27.7. The summed E-state index contributed by atoms with van der Waals surface area (Å²) in [5.74, 6) is -0.0453. The Kier molecular flexibility index (Phi) is 10.9. The molecule has 236 valence electrons. The number of carbonyl (C=O) groups is 1. The monoisotopic (exact) mass is 621 g/mol. The second-order valence-corrected chi connectivity index (χ2v) is 18.0. The highest BCUT2D eigenvalue weighted by Gasteiger charge is 2.28.